The molecule has 3 aromatic rings. The Kier molecular flexibility index (Phi) is 6.68. The van der Waals surface area contributed by atoms with Gasteiger partial charge in [0.1, 0.15) is 17.2 Å². The lowest BCUT2D eigenvalue weighted by molar-refractivity contribution is 0.0949. The van der Waals surface area contributed by atoms with Crippen LogP contribution in [0.1, 0.15) is 39.0 Å². The minimum Gasteiger partial charge on any atom is -0.350 e. The van der Waals surface area contributed by atoms with Crippen molar-refractivity contribution in [3.8, 4) is 0 Å². The first-order valence-corrected chi connectivity index (χ1v) is 9.45. The summed E-state index contributed by atoms with van der Waals surface area (Å²) in [5.41, 5.74) is 3.10. The van der Waals surface area contributed by atoms with E-state index >= 15 is 0 Å². The molecule has 0 aliphatic rings. The number of pyridine rings is 1. The van der Waals surface area contributed by atoms with Gasteiger partial charge in [-0.15, -0.1) is 0 Å². The molecule has 29 heavy (non-hydrogen) atoms. The zero-order valence-corrected chi connectivity index (χ0v) is 16.1. The van der Waals surface area contributed by atoms with Gasteiger partial charge in [-0.25, -0.2) is 9.37 Å². The lowest BCUT2D eigenvalue weighted by Gasteiger charge is -2.08. The average Bonchev–Trinajstić information content (AvgIpc) is 2.75. The Morgan fingerprint density at radius 1 is 0.862 bits per heavy atom. The van der Waals surface area contributed by atoms with E-state index in [9.17, 15) is 14.0 Å². The van der Waals surface area contributed by atoms with Gasteiger partial charge in [-0.2, -0.15) is 0 Å². The largest absolute Gasteiger partial charge is 0.350 e. The van der Waals surface area contributed by atoms with Crippen molar-refractivity contribution < 1.29 is 14.0 Å². The van der Waals surface area contributed by atoms with E-state index in [0.717, 1.165) is 12.0 Å². The van der Waals surface area contributed by atoms with Crippen LogP contribution in [0, 0.1) is 5.82 Å². The van der Waals surface area contributed by atoms with Crippen LogP contribution in [0.5, 0.6) is 0 Å². The van der Waals surface area contributed by atoms with Gasteiger partial charge in [0.25, 0.3) is 11.8 Å². The van der Waals surface area contributed by atoms with Crippen LogP contribution < -0.4 is 10.6 Å². The first-order chi connectivity index (χ1) is 14.0. The highest BCUT2D eigenvalue weighted by Gasteiger charge is 2.12. The maximum atomic E-state index is 12.9. The van der Waals surface area contributed by atoms with Crippen molar-refractivity contribution in [3.63, 3.8) is 0 Å². The van der Waals surface area contributed by atoms with Crippen molar-refractivity contribution >= 4 is 17.5 Å². The minimum atomic E-state index is -0.379. The Bertz CT molecular complexity index is 986. The maximum absolute atomic E-state index is 12.9. The van der Waals surface area contributed by atoms with Crippen LogP contribution in [-0.2, 0) is 12.8 Å². The molecule has 5 nitrogen and oxygen atoms in total. The van der Waals surface area contributed by atoms with Gasteiger partial charge in [0.05, 0.1) is 0 Å². The zero-order chi connectivity index (χ0) is 20.6. The van der Waals surface area contributed by atoms with Crippen LogP contribution in [0.2, 0.25) is 0 Å². The van der Waals surface area contributed by atoms with Crippen molar-refractivity contribution in [2.45, 2.75) is 19.8 Å². The Hall–Kier alpha value is -3.54. The molecule has 2 aromatic carbocycles. The van der Waals surface area contributed by atoms with E-state index in [1.807, 2.05) is 24.3 Å². The fraction of sp³-hybridized carbons (Fsp3) is 0.174. The topological polar surface area (TPSA) is 71.1 Å². The number of benzene rings is 2. The molecule has 0 aliphatic carbocycles. The summed E-state index contributed by atoms with van der Waals surface area (Å²) in [5, 5.41) is 5.54. The summed E-state index contributed by atoms with van der Waals surface area (Å²) in [7, 11) is 0. The molecule has 0 bridgehead atoms. The second kappa shape index (κ2) is 9.59. The molecule has 1 aromatic heterocycles. The molecule has 0 saturated carbocycles. The number of aromatic nitrogens is 1. The highest BCUT2D eigenvalue weighted by molar-refractivity contribution is 6.03. The minimum absolute atomic E-state index is 0.163. The molecule has 0 saturated heterocycles. The maximum Gasteiger partial charge on any atom is 0.274 e. The highest BCUT2D eigenvalue weighted by atomic mass is 19.1. The first kappa shape index (κ1) is 20.2. The molecule has 148 valence electrons. The SMILES string of the molecule is CCc1ccc(NC(=O)c2cccc(C(=O)NCCc3ccc(F)cc3)n2)cc1. The average molecular weight is 391 g/mol. The molecule has 0 atom stereocenters. The molecule has 1 heterocycles. The summed E-state index contributed by atoms with van der Waals surface area (Å²) >= 11 is 0. The molecule has 6 heteroatoms. The third-order valence-corrected chi connectivity index (χ3v) is 4.45. The van der Waals surface area contributed by atoms with Crippen LogP contribution in [0.4, 0.5) is 10.1 Å². The molecule has 3 rings (SSSR count). The van der Waals surface area contributed by atoms with Gasteiger partial charge in [-0.05, 0) is 60.4 Å². The fourth-order valence-electron chi connectivity index (χ4n) is 2.77. The number of anilines is 1. The number of hydrogen-bond acceptors (Lipinski definition) is 3. The monoisotopic (exact) mass is 391 g/mol. The summed E-state index contributed by atoms with van der Waals surface area (Å²) < 4.78 is 12.9. The smallest absolute Gasteiger partial charge is 0.274 e. The number of halogens is 1. The van der Waals surface area contributed by atoms with Gasteiger partial charge in [0.15, 0.2) is 0 Å². The van der Waals surface area contributed by atoms with Crippen LogP contribution in [0.15, 0.2) is 66.7 Å². The Morgan fingerprint density at radius 2 is 1.48 bits per heavy atom. The molecule has 2 amide bonds. The third kappa shape index (κ3) is 5.72. The summed E-state index contributed by atoms with van der Waals surface area (Å²) in [6.45, 7) is 2.44. The van der Waals surface area contributed by atoms with E-state index in [1.165, 1.54) is 17.7 Å². The predicted molar refractivity (Wildman–Crippen MR) is 110 cm³/mol. The quantitative estimate of drug-likeness (QED) is 0.639. The van der Waals surface area contributed by atoms with Gasteiger partial charge < -0.3 is 10.6 Å². The summed E-state index contributed by atoms with van der Waals surface area (Å²) in [6, 6.07) is 18.4. The number of aryl methyl sites for hydroxylation is 1. The molecule has 0 spiro atoms. The first-order valence-electron chi connectivity index (χ1n) is 9.45. The van der Waals surface area contributed by atoms with Gasteiger partial charge in [0, 0.05) is 12.2 Å². The molecule has 0 radical (unpaired) electrons. The van der Waals surface area contributed by atoms with Crippen molar-refractivity contribution in [1.29, 1.82) is 0 Å². The molecular weight excluding hydrogens is 369 g/mol. The number of rotatable bonds is 7. The second-order valence-corrected chi connectivity index (χ2v) is 6.55. The van der Waals surface area contributed by atoms with Crippen LogP contribution in [-0.4, -0.2) is 23.3 Å². The highest BCUT2D eigenvalue weighted by Crippen LogP contribution is 2.11. The number of carbonyl (C=O) groups excluding carboxylic acids is 2. The van der Waals surface area contributed by atoms with Crippen LogP contribution in [0.3, 0.4) is 0 Å². The van der Waals surface area contributed by atoms with Crippen molar-refractivity contribution in [2.75, 3.05) is 11.9 Å². The second-order valence-electron chi connectivity index (χ2n) is 6.55. The number of amides is 2. The van der Waals surface area contributed by atoms with Gasteiger partial charge in [0.2, 0.25) is 0 Å². The van der Waals surface area contributed by atoms with Gasteiger partial charge in [-0.3, -0.25) is 9.59 Å². The lowest BCUT2D eigenvalue weighted by Crippen LogP contribution is -2.27. The summed E-state index contributed by atoms with van der Waals surface area (Å²) in [5.74, 6) is -1.04. The normalized spacial score (nSPS) is 10.4. The summed E-state index contributed by atoms with van der Waals surface area (Å²) in [6.07, 6.45) is 1.49. The Labute approximate surface area is 169 Å². The molecule has 0 fully saturated rings. The van der Waals surface area contributed by atoms with E-state index in [-0.39, 0.29) is 29.0 Å². The van der Waals surface area contributed by atoms with Crippen LogP contribution >= 0.6 is 0 Å². The Morgan fingerprint density at radius 3 is 2.14 bits per heavy atom. The number of nitrogens with zero attached hydrogens (tertiary/aromatic N) is 1. The van der Waals surface area contributed by atoms with E-state index in [0.29, 0.717) is 18.7 Å². The van der Waals surface area contributed by atoms with Crippen molar-refractivity contribution in [2.24, 2.45) is 0 Å². The van der Waals surface area contributed by atoms with E-state index < -0.39 is 0 Å². The van der Waals surface area contributed by atoms with E-state index in [1.54, 1.807) is 30.3 Å². The molecular formula is C23H22FN3O2. The van der Waals surface area contributed by atoms with Crippen molar-refractivity contribution in [3.05, 3.63) is 95.1 Å². The number of carbonyl (C=O) groups is 2. The standard InChI is InChI=1S/C23H22FN3O2/c1-2-16-8-12-19(13-9-16)26-23(29)21-5-3-4-20(27-21)22(28)25-15-14-17-6-10-18(24)11-7-17/h3-13H,2,14-15H2,1H3,(H,25,28)(H,26,29). The molecule has 0 aliphatic heterocycles. The molecule has 2 N–H and O–H groups in total. The molecule has 0 unspecified atom stereocenters. The number of nitrogens with one attached hydrogen (secondary N) is 2. The Balaban J connectivity index is 1.57. The summed E-state index contributed by atoms with van der Waals surface area (Å²) in [4.78, 5) is 28.9. The predicted octanol–water partition coefficient (Wildman–Crippen LogP) is 4.01. The van der Waals surface area contributed by atoms with Gasteiger partial charge in [-0.1, -0.05) is 37.3 Å². The van der Waals surface area contributed by atoms with Crippen LogP contribution in [0.25, 0.3) is 0 Å². The lowest BCUT2D eigenvalue weighted by atomic mass is 10.1. The fourth-order valence-corrected chi connectivity index (χ4v) is 2.77. The van der Waals surface area contributed by atoms with Gasteiger partial charge >= 0.3 is 0 Å². The van der Waals surface area contributed by atoms with E-state index in [2.05, 4.69) is 22.5 Å². The third-order valence-electron chi connectivity index (χ3n) is 4.45. The zero-order valence-electron chi connectivity index (χ0n) is 16.1. The van der Waals surface area contributed by atoms with E-state index in [4.69, 9.17) is 0 Å². The number of hydrogen-bond donors (Lipinski definition) is 2. The van der Waals surface area contributed by atoms with Crippen molar-refractivity contribution in [1.82, 2.24) is 10.3 Å².